The molecule has 0 fully saturated rings. The first-order valence-corrected chi connectivity index (χ1v) is 6.29. The molecular weight excluding hydrogens is 254 g/mol. The predicted octanol–water partition coefficient (Wildman–Crippen LogP) is 1.36. The second kappa shape index (κ2) is 5.81. The highest BCUT2D eigenvalue weighted by molar-refractivity contribution is 7.11. The molecular formula is C11H17N3O3S. The van der Waals surface area contributed by atoms with Crippen LogP contribution in [-0.4, -0.2) is 28.6 Å². The second-order valence-electron chi connectivity index (χ2n) is 4.59. The van der Waals surface area contributed by atoms with E-state index in [2.05, 4.69) is 15.6 Å². The zero-order valence-electron chi connectivity index (χ0n) is 10.6. The molecule has 1 aromatic heterocycles. The van der Waals surface area contributed by atoms with Crippen molar-refractivity contribution in [2.75, 3.05) is 6.54 Å². The summed E-state index contributed by atoms with van der Waals surface area (Å²) in [5.74, 6) is -0.946. The van der Waals surface area contributed by atoms with Gasteiger partial charge in [-0.2, -0.15) is 0 Å². The predicted molar refractivity (Wildman–Crippen MR) is 68.5 cm³/mol. The molecule has 0 unspecified atom stereocenters. The first kappa shape index (κ1) is 14.4. The Hall–Kier alpha value is -1.63. The van der Waals surface area contributed by atoms with Crippen molar-refractivity contribution in [1.82, 2.24) is 15.6 Å². The van der Waals surface area contributed by atoms with Crippen molar-refractivity contribution in [3.05, 3.63) is 16.1 Å². The molecule has 0 radical (unpaired) electrons. The Balaban J connectivity index is 2.32. The van der Waals surface area contributed by atoms with Gasteiger partial charge in [-0.3, -0.25) is 4.79 Å². The molecule has 0 saturated heterocycles. The fourth-order valence-corrected chi connectivity index (χ4v) is 1.81. The van der Waals surface area contributed by atoms with Gasteiger partial charge in [-0.15, -0.1) is 11.3 Å². The summed E-state index contributed by atoms with van der Waals surface area (Å²) in [5.41, 5.74) is -0.977. The van der Waals surface area contributed by atoms with Crippen molar-refractivity contribution in [2.24, 2.45) is 5.41 Å². The van der Waals surface area contributed by atoms with Crippen LogP contribution in [0.2, 0.25) is 0 Å². The topological polar surface area (TPSA) is 91.3 Å². The molecule has 0 aliphatic rings. The number of carboxylic acids is 1. The maximum absolute atomic E-state index is 11.5. The van der Waals surface area contributed by atoms with Crippen LogP contribution in [-0.2, 0) is 11.3 Å². The molecule has 7 heteroatoms. The van der Waals surface area contributed by atoms with Crippen LogP contribution in [0.4, 0.5) is 4.79 Å². The average molecular weight is 271 g/mol. The molecule has 1 rings (SSSR count). The minimum Gasteiger partial charge on any atom is -0.481 e. The van der Waals surface area contributed by atoms with Gasteiger partial charge in [0.1, 0.15) is 5.01 Å². The van der Waals surface area contributed by atoms with E-state index >= 15 is 0 Å². The van der Waals surface area contributed by atoms with Crippen molar-refractivity contribution in [1.29, 1.82) is 0 Å². The van der Waals surface area contributed by atoms with Gasteiger partial charge in [-0.05, 0) is 20.8 Å². The number of carboxylic acid groups (broad SMARTS) is 1. The lowest BCUT2D eigenvalue weighted by Gasteiger charge is -2.19. The lowest BCUT2D eigenvalue weighted by atomic mass is 9.94. The van der Waals surface area contributed by atoms with Gasteiger partial charge in [-0.25, -0.2) is 9.78 Å². The summed E-state index contributed by atoms with van der Waals surface area (Å²) in [6.07, 6.45) is 1.74. The Bertz CT molecular complexity index is 442. The lowest BCUT2D eigenvalue weighted by molar-refractivity contribution is -0.146. The summed E-state index contributed by atoms with van der Waals surface area (Å²) in [6.45, 7) is 5.47. The SMILES string of the molecule is Cc1cnc(CNC(=O)NCC(C)(C)C(=O)O)s1. The van der Waals surface area contributed by atoms with Crippen LogP contribution in [0, 0.1) is 12.3 Å². The summed E-state index contributed by atoms with van der Waals surface area (Å²) in [7, 11) is 0. The quantitative estimate of drug-likeness (QED) is 0.754. The number of thiazole rings is 1. The third-order valence-corrected chi connectivity index (χ3v) is 3.25. The Morgan fingerprint density at radius 2 is 2.11 bits per heavy atom. The smallest absolute Gasteiger partial charge is 0.315 e. The molecule has 0 aliphatic carbocycles. The largest absolute Gasteiger partial charge is 0.481 e. The van der Waals surface area contributed by atoms with Crippen LogP contribution in [0.15, 0.2) is 6.20 Å². The van der Waals surface area contributed by atoms with Crippen LogP contribution in [0.5, 0.6) is 0 Å². The molecule has 2 amide bonds. The molecule has 0 spiro atoms. The first-order valence-electron chi connectivity index (χ1n) is 5.47. The third kappa shape index (κ3) is 4.33. The minimum atomic E-state index is -0.977. The van der Waals surface area contributed by atoms with Crippen molar-refractivity contribution in [2.45, 2.75) is 27.3 Å². The summed E-state index contributed by atoms with van der Waals surface area (Å²) in [5, 5.41) is 14.9. The molecule has 0 atom stereocenters. The molecule has 1 heterocycles. The fraction of sp³-hybridized carbons (Fsp3) is 0.545. The van der Waals surface area contributed by atoms with Crippen LogP contribution >= 0.6 is 11.3 Å². The van der Waals surface area contributed by atoms with E-state index < -0.39 is 17.4 Å². The number of amides is 2. The number of nitrogens with zero attached hydrogens (tertiary/aromatic N) is 1. The number of hydrogen-bond acceptors (Lipinski definition) is 4. The van der Waals surface area contributed by atoms with Gasteiger partial charge in [0.15, 0.2) is 0 Å². The molecule has 0 aliphatic heterocycles. The minimum absolute atomic E-state index is 0.0745. The highest BCUT2D eigenvalue weighted by Crippen LogP contribution is 2.13. The number of carbonyl (C=O) groups is 2. The molecule has 100 valence electrons. The van der Waals surface area contributed by atoms with E-state index in [4.69, 9.17) is 5.11 Å². The number of aliphatic carboxylic acids is 1. The van der Waals surface area contributed by atoms with E-state index in [-0.39, 0.29) is 6.54 Å². The zero-order chi connectivity index (χ0) is 13.8. The number of nitrogens with one attached hydrogen (secondary N) is 2. The van der Waals surface area contributed by atoms with Crippen LogP contribution in [0.3, 0.4) is 0 Å². The third-order valence-electron chi connectivity index (χ3n) is 2.34. The Kier molecular flexibility index (Phi) is 4.66. The van der Waals surface area contributed by atoms with E-state index in [0.717, 1.165) is 9.88 Å². The van der Waals surface area contributed by atoms with E-state index in [9.17, 15) is 9.59 Å². The number of aromatic nitrogens is 1. The first-order chi connectivity index (χ1) is 8.31. The number of rotatable bonds is 5. The maximum atomic E-state index is 11.5. The summed E-state index contributed by atoms with van der Waals surface area (Å²) in [4.78, 5) is 27.5. The molecule has 1 aromatic rings. The zero-order valence-corrected chi connectivity index (χ0v) is 11.4. The van der Waals surface area contributed by atoms with Crippen molar-refractivity contribution >= 4 is 23.3 Å². The van der Waals surface area contributed by atoms with Crippen molar-refractivity contribution < 1.29 is 14.7 Å². The molecule has 6 nitrogen and oxygen atoms in total. The number of hydrogen-bond donors (Lipinski definition) is 3. The van der Waals surface area contributed by atoms with Gasteiger partial charge in [0.2, 0.25) is 0 Å². The Morgan fingerprint density at radius 3 is 2.61 bits per heavy atom. The van der Waals surface area contributed by atoms with Crippen LogP contribution < -0.4 is 10.6 Å². The molecule has 18 heavy (non-hydrogen) atoms. The van der Waals surface area contributed by atoms with E-state index in [1.807, 2.05) is 6.92 Å². The van der Waals surface area contributed by atoms with Gasteiger partial charge in [-0.1, -0.05) is 0 Å². The van der Waals surface area contributed by atoms with Gasteiger partial charge in [0.05, 0.1) is 12.0 Å². The van der Waals surface area contributed by atoms with Crippen LogP contribution in [0.1, 0.15) is 23.7 Å². The van der Waals surface area contributed by atoms with Crippen LogP contribution in [0.25, 0.3) is 0 Å². The van der Waals surface area contributed by atoms with E-state index in [0.29, 0.717) is 6.54 Å². The standard InChI is InChI=1S/C11H17N3O3S/c1-7-4-12-8(18-7)5-13-10(17)14-6-11(2,3)9(15)16/h4H,5-6H2,1-3H3,(H,15,16)(H2,13,14,17). The van der Waals surface area contributed by atoms with Gasteiger partial charge >= 0.3 is 12.0 Å². The fourth-order valence-electron chi connectivity index (χ4n) is 1.08. The number of carbonyl (C=O) groups excluding carboxylic acids is 1. The molecule has 0 aromatic carbocycles. The van der Waals surface area contributed by atoms with Gasteiger partial charge in [0, 0.05) is 17.6 Å². The molecule has 0 saturated carbocycles. The monoisotopic (exact) mass is 271 g/mol. The Labute approximate surface area is 109 Å². The normalized spacial score (nSPS) is 11.1. The van der Waals surface area contributed by atoms with E-state index in [1.54, 1.807) is 20.0 Å². The van der Waals surface area contributed by atoms with E-state index in [1.165, 1.54) is 11.3 Å². The molecule has 0 bridgehead atoms. The summed E-state index contributed by atoms with van der Waals surface area (Å²) in [6, 6.07) is -0.392. The lowest BCUT2D eigenvalue weighted by Crippen LogP contribution is -2.43. The Morgan fingerprint density at radius 1 is 1.44 bits per heavy atom. The maximum Gasteiger partial charge on any atom is 0.315 e. The highest BCUT2D eigenvalue weighted by Gasteiger charge is 2.27. The number of urea groups is 1. The number of aryl methyl sites for hydroxylation is 1. The average Bonchev–Trinajstić information content (AvgIpc) is 2.69. The highest BCUT2D eigenvalue weighted by atomic mass is 32.1. The van der Waals surface area contributed by atoms with Gasteiger partial charge < -0.3 is 15.7 Å². The molecule has 3 N–H and O–H groups in total. The second-order valence-corrected chi connectivity index (χ2v) is 5.91. The van der Waals surface area contributed by atoms with Crippen molar-refractivity contribution in [3.8, 4) is 0 Å². The van der Waals surface area contributed by atoms with Crippen molar-refractivity contribution in [3.63, 3.8) is 0 Å². The summed E-state index contributed by atoms with van der Waals surface area (Å²) >= 11 is 1.51. The summed E-state index contributed by atoms with van der Waals surface area (Å²) < 4.78 is 0. The van der Waals surface area contributed by atoms with Gasteiger partial charge in [0.25, 0.3) is 0 Å².